The fourth-order valence-electron chi connectivity index (χ4n) is 4.86. The lowest BCUT2D eigenvalue weighted by Gasteiger charge is -2.23. The van der Waals surface area contributed by atoms with Crippen LogP contribution in [0.2, 0.25) is 0 Å². The van der Waals surface area contributed by atoms with Gasteiger partial charge in [0.25, 0.3) is 0 Å². The molecule has 5 aromatic rings. The van der Waals surface area contributed by atoms with Crippen LogP contribution in [0.1, 0.15) is 38.8 Å². The van der Waals surface area contributed by atoms with Gasteiger partial charge in [-0.1, -0.05) is 76.6 Å². The standard InChI is InChI=1S/C31H26BrNO3/c1-21-27(18-19-36-26-15-12-24(13-16-26)31(34)35)28-20-25(32)14-17-29(28)33(21)30(22-8-4-2-5-9-22)23-10-6-3-7-11-23/h2-17,20,30H,18-19H2,1H3,(H,34,35). The van der Waals surface area contributed by atoms with E-state index in [1.807, 2.05) is 0 Å². The molecule has 1 N–H and O–H groups in total. The summed E-state index contributed by atoms with van der Waals surface area (Å²) in [6, 6.07) is 34.2. The number of hydrogen-bond acceptors (Lipinski definition) is 2. The fraction of sp³-hybridized carbons (Fsp3) is 0.129. The van der Waals surface area contributed by atoms with Crippen molar-refractivity contribution in [1.29, 1.82) is 0 Å². The number of rotatable bonds is 8. The Morgan fingerprint density at radius 3 is 2.08 bits per heavy atom. The van der Waals surface area contributed by atoms with Gasteiger partial charge in [-0.25, -0.2) is 4.79 Å². The van der Waals surface area contributed by atoms with Crippen LogP contribution in [-0.2, 0) is 6.42 Å². The minimum atomic E-state index is -0.943. The number of ether oxygens (including phenoxy) is 1. The Labute approximate surface area is 218 Å². The maximum atomic E-state index is 11.1. The predicted molar refractivity (Wildman–Crippen MR) is 147 cm³/mol. The molecule has 5 heteroatoms. The van der Waals surface area contributed by atoms with Crippen LogP contribution in [0.3, 0.4) is 0 Å². The lowest BCUT2D eigenvalue weighted by molar-refractivity contribution is 0.0697. The summed E-state index contributed by atoms with van der Waals surface area (Å²) in [7, 11) is 0. The largest absolute Gasteiger partial charge is 0.493 e. The zero-order chi connectivity index (χ0) is 25.1. The highest BCUT2D eigenvalue weighted by molar-refractivity contribution is 9.10. The molecule has 0 spiro atoms. The van der Waals surface area contributed by atoms with Crippen molar-refractivity contribution in [2.45, 2.75) is 19.4 Å². The van der Waals surface area contributed by atoms with Crippen LogP contribution < -0.4 is 4.74 Å². The molecule has 0 saturated heterocycles. The first-order valence-electron chi connectivity index (χ1n) is 11.9. The second-order valence-corrected chi connectivity index (χ2v) is 9.66. The van der Waals surface area contributed by atoms with Gasteiger partial charge in [-0.3, -0.25) is 0 Å². The molecule has 36 heavy (non-hydrogen) atoms. The molecule has 0 unspecified atom stereocenters. The molecule has 0 radical (unpaired) electrons. The second kappa shape index (κ2) is 10.4. The highest BCUT2D eigenvalue weighted by Crippen LogP contribution is 2.37. The smallest absolute Gasteiger partial charge is 0.335 e. The van der Waals surface area contributed by atoms with Crippen molar-refractivity contribution >= 4 is 32.8 Å². The molecule has 0 aliphatic carbocycles. The van der Waals surface area contributed by atoms with E-state index >= 15 is 0 Å². The molecule has 0 atom stereocenters. The third kappa shape index (κ3) is 4.79. The number of carbonyl (C=O) groups is 1. The molecule has 0 fully saturated rings. The van der Waals surface area contributed by atoms with Crippen molar-refractivity contribution in [2.75, 3.05) is 6.61 Å². The first kappa shape index (κ1) is 23.9. The Morgan fingerprint density at radius 1 is 0.889 bits per heavy atom. The summed E-state index contributed by atoms with van der Waals surface area (Å²) < 4.78 is 9.47. The van der Waals surface area contributed by atoms with Gasteiger partial charge < -0.3 is 14.4 Å². The summed E-state index contributed by atoms with van der Waals surface area (Å²) in [5.41, 5.74) is 6.32. The molecule has 4 aromatic carbocycles. The van der Waals surface area contributed by atoms with E-state index in [0.717, 1.165) is 10.9 Å². The number of carboxylic acids is 1. The van der Waals surface area contributed by atoms with Crippen LogP contribution in [0, 0.1) is 6.92 Å². The van der Waals surface area contributed by atoms with E-state index in [0.29, 0.717) is 12.4 Å². The van der Waals surface area contributed by atoms with Gasteiger partial charge in [-0.2, -0.15) is 0 Å². The fourth-order valence-corrected chi connectivity index (χ4v) is 5.22. The van der Waals surface area contributed by atoms with Crippen LogP contribution in [0.5, 0.6) is 5.75 Å². The number of nitrogens with zero attached hydrogens (tertiary/aromatic N) is 1. The summed E-state index contributed by atoms with van der Waals surface area (Å²) >= 11 is 3.66. The first-order valence-corrected chi connectivity index (χ1v) is 12.7. The van der Waals surface area contributed by atoms with Crippen molar-refractivity contribution in [3.8, 4) is 5.75 Å². The Kier molecular flexibility index (Phi) is 6.92. The number of hydrogen-bond donors (Lipinski definition) is 1. The normalized spacial score (nSPS) is 11.2. The van der Waals surface area contributed by atoms with Gasteiger partial charge in [-0.05, 0) is 66.1 Å². The quantitative estimate of drug-likeness (QED) is 0.220. The van der Waals surface area contributed by atoms with E-state index < -0.39 is 5.97 Å². The van der Waals surface area contributed by atoms with Gasteiger partial charge in [0, 0.05) is 27.5 Å². The molecule has 0 aliphatic rings. The van der Waals surface area contributed by atoms with Gasteiger partial charge in [0.1, 0.15) is 5.75 Å². The second-order valence-electron chi connectivity index (χ2n) is 8.75. The van der Waals surface area contributed by atoms with Crippen LogP contribution in [0.15, 0.2) is 108 Å². The minimum Gasteiger partial charge on any atom is -0.493 e. The number of aromatic nitrogens is 1. The van der Waals surface area contributed by atoms with E-state index in [1.165, 1.54) is 33.3 Å². The first-order chi connectivity index (χ1) is 17.5. The monoisotopic (exact) mass is 539 g/mol. The third-order valence-corrected chi connectivity index (χ3v) is 7.05. The van der Waals surface area contributed by atoms with Crippen molar-refractivity contribution < 1.29 is 14.6 Å². The molecule has 180 valence electrons. The van der Waals surface area contributed by atoms with E-state index in [-0.39, 0.29) is 11.6 Å². The van der Waals surface area contributed by atoms with Crippen molar-refractivity contribution in [2.24, 2.45) is 0 Å². The van der Waals surface area contributed by atoms with Gasteiger partial charge in [0.05, 0.1) is 18.2 Å². The highest BCUT2D eigenvalue weighted by atomic mass is 79.9. The van der Waals surface area contributed by atoms with E-state index in [9.17, 15) is 4.79 Å². The number of fused-ring (bicyclic) bond motifs is 1. The van der Waals surface area contributed by atoms with E-state index in [1.54, 1.807) is 24.3 Å². The predicted octanol–water partition coefficient (Wildman–Crippen LogP) is 7.67. The summed E-state index contributed by atoms with van der Waals surface area (Å²) in [5.74, 6) is -0.282. The van der Waals surface area contributed by atoms with Gasteiger partial charge >= 0.3 is 5.97 Å². The average molecular weight is 540 g/mol. The van der Waals surface area contributed by atoms with Gasteiger partial charge in [0.15, 0.2) is 0 Å². The van der Waals surface area contributed by atoms with Crippen LogP contribution >= 0.6 is 15.9 Å². The number of benzene rings is 4. The number of halogens is 1. The zero-order valence-electron chi connectivity index (χ0n) is 19.9. The summed E-state index contributed by atoms with van der Waals surface area (Å²) in [6.45, 7) is 2.67. The lowest BCUT2D eigenvalue weighted by atomic mass is 9.98. The highest BCUT2D eigenvalue weighted by Gasteiger charge is 2.23. The lowest BCUT2D eigenvalue weighted by Crippen LogP contribution is -2.14. The van der Waals surface area contributed by atoms with Crippen molar-refractivity contribution in [1.82, 2.24) is 4.57 Å². The third-order valence-electron chi connectivity index (χ3n) is 6.55. The Bertz CT molecular complexity index is 1450. The average Bonchev–Trinajstić information content (AvgIpc) is 3.16. The molecule has 0 saturated carbocycles. The molecule has 1 aromatic heterocycles. The topological polar surface area (TPSA) is 51.5 Å². The van der Waals surface area contributed by atoms with Crippen LogP contribution in [0.4, 0.5) is 0 Å². The number of carboxylic acid groups (broad SMARTS) is 1. The maximum Gasteiger partial charge on any atom is 0.335 e. The minimum absolute atomic E-state index is 0.0364. The Morgan fingerprint density at radius 2 is 1.50 bits per heavy atom. The molecular formula is C31H26BrNO3. The van der Waals surface area contributed by atoms with Crippen LogP contribution in [-0.4, -0.2) is 22.2 Å². The van der Waals surface area contributed by atoms with E-state index in [2.05, 4.69) is 106 Å². The molecule has 5 rings (SSSR count). The molecule has 0 bridgehead atoms. The van der Waals surface area contributed by atoms with E-state index in [4.69, 9.17) is 9.84 Å². The summed E-state index contributed by atoms with van der Waals surface area (Å²) in [5, 5.41) is 10.3. The van der Waals surface area contributed by atoms with Crippen molar-refractivity contribution in [3.05, 3.63) is 136 Å². The summed E-state index contributed by atoms with van der Waals surface area (Å²) in [6.07, 6.45) is 0.725. The van der Waals surface area contributed by atoms with Gasteiger partial charge in [0.2, 0.25) is 0 Å². The molecule has 0 amide bonds. The van der Waals surface area contributed by atoms with Crippen molar-refractivity contribution in [3.63, 3.8) is 0 Å². The maximum absolute atomic E-state index is 11.1. The van der Waals surface area contributed by atoms with Crippen LogP contribution in [0.25, 0.3) is 10.9 Å². The molecular weight excluding hydrogens is 514 g/mol. The Balaban J connectivity index is 1.54. The molecule has 0 aliphatic heterocycles. The summed E-state index contributed by atoms with van der Waals surface area (Å²) in [4.78, 5) is 11.1. The molecule has 4 nitrogen and oxygen atoms in total. The van der Waals surface area contributed by atoms with Gasteiger partial charge in [-0.15, -0.1) is 0 Å². The Hall–Kier alpha value is -3.83. The molecule has 1 heterocycles. The SMILES string of the molecule is Cc1c(CCOc2ccc(C(=O)O)cc2)c2cc(Br)ccc2n1C(c1ccccc1)c1ccccc1. The number of aromatic carboxylic acids is 1. The zero-order valence-corrected chi connectivity index (χ0v) is 21.5.